The van der Waals surface area contributed by atoms with Crippen LogP contribution in [0.2, 0.25) is 0 Å². The molecule has 216 valence electrons. The number of amides is 1. The SMILES string of the molecule is COc1ccc2cc(-c3nc4cc(C(=O)N5C[C@H]6CC[C@@H]5[C@@H]6N)cc(OC)c4n3CCS(C)=O)n(CC3CC3)c2n1. The fourth-order valence-electron chi connectivity index (χ4n) is 6.74. The highest BCUT2D eigenvalue weighted by Gasteiger charge is 2.47. The monoisotopic (exact) mass is 576 g/mol. The topological polar surface area (TPSA) is 118 Å². The van der Waals surface area contributed by atoms with Crippen molar-refractivity contribution >= 4 is 38.8 Å². The van der Waals surface area contributed by atoms with E-state index in [1.807, 2.05) is 29.2 Å². The lowest BCUT2D eigenvalue weighted by molar-refractivity contribution is 0.0700. The molecule has 1 amide bonds. The normalized spacial score (nSPS) is 22.6. The van der Waals surface area contributed by atoms with Crippen molar-refractivity contribution in [1.82, 2.24) is 24.0 Å². The maximum absolute atomic E-state index is 13.7. The number of rotatable bonds is 9. The second kappa shape index (κ2) is 10.1. The molecule has 4 heterocycles. The molecule has 2 aliphatic carbocycles. The lowest BCUT2D eigenvalue weighted by Gasteiger charge is -2.27. The number of carbonyl (C=O) groups is 1. The molecule has 4 atom stereocenters. The van der Waals surface area contributed by atoms with Gasteiger partial charge in [0.2, 0.25) is 5.88 Å². The number of aryl methyl sites for hydroxylation is 1. The minimum Gasteiger partial charge on any atom is -0.494 e. The minimum absolute atomic E-state index is 0.0299. The number of imidazole rings is 1. The van der Waals surface area contributed by atoms with E-state index in [0.717, 1.165) is 47.5 Å². The fourth-order valence-corrected chi connectivity index (χ4v) is 7.18. The van der Waals surface area contributed by atoms with Crippen LogP contribution in [0.3, 0.4) is 0 Å². The van der Waals surface area contributed by atoms with Crippen molar-refractivity contribution in [2.75, 3.05) is 32.8 Å². The van der Waals surface area contributed by atoms with Gasteiger partial charge in [-0.3, -0.25) is 9.00 Å². The maximum Gasteiger partial charge on any atom is 0.254 e. The second-order valence-corrected chi connectivity index (χ2v) is 13.3. The van der Waals surface area contributed by atoms with Crippen LogP contribution in [-0.4, -0.2) is 79.0 Å². The van der Waals surface area contributed by atoms with Crippen LogP contribution < -0.4 is 15.2 Å². The van der Waals surface area contributed by atoms with Crippen LogP contribution in [-0.2, 0) is 23.9 Å². The molecule has 2 bridgehead atoms. The highest BCUT2D eigenvalue weighted by Crippen LogP contribution is 2.40. The number of hydrogen-bond donors (Lipinski definition) is 1. The number of nitrogens with zero attached hydrogens (tertiary/aromatic N) is 5. The largest absolute Gasteiger partial charge is 0.494 e. The lowest BCUT2D eigenvalue weighted by atomic mass is 10.1. The Morgan fingerprint density at radius 1 is 1.07 bits per heavy atom. The molecule has 7 rings (SSSR count). The molecule has 2 N–H and O–H groups in total. The average Bonchev–Trinajstić information content (AvgIpc) is 3.33. The van der Waals surface area contributed by atoms with Crippen LogP contribution in [0.5, 0.6) is 11.6 Å². The smallest absolute Gasteiger partial charge is 0.254 e. The zero-order valence-electron chi connectivity index (χ0n) is 23.7. The summed E-state index contributed by atoms with van der Waals surface area (Å²) in [6.45, 7) is 2.02. The molecule has 3 fully saturated rings. The predicted molar refractivity (Wildman–Crippen MR) is 159 cm³/mol. The quantitative estimate of drug-likeness (QED) is 0.324. The Morgan fingerprint density at radius 2 is 1.90 bits per heavy atom. The molecule has 41 heavy (non-hydrogen) atoms. The number of piperidine rings is 1. The third-order valence-corrected chi connectivity index (χ3v) is 9.84. The van der Waals surface area contributed by atoms with Crippen molar-refractivity contribution in [3.63, 3.8) is 0 Å². The number of ether oxygens (including phenoxy) is 2. The summed E-state index contributed by atoms with van der Waals surface area (Å²) in [6, 6.07) is 9.83. The molecular formula is C30H36N6O4S. The van der Waals surface area contributed by atoms with Gasteiger partial charge in [-0.1, -0.05) is 0 Å². The van der Waals surface area contributed by atoms with Gasteiger partial charge >= 0.3 is 0 Å². The van der Waals surface area contributed by atoms with E-state index in [4.69, 9.17) is 25.2 Å². The third-order valence-electron chi connectivity index (χ3n) is 9.08. The molecule has 11 heteroatoms. The van der Waals surface area contributed by atoms with Crippen LogP contribution in [0.25, 0.3) is 33.6 Å². The third kappa shape index (κ3) is 4.50. The summed E-state index contributed by atoms with van der Waals surface area (Å²) in [5.41, 5.74) is 10.2. The first-order valence-electron chi connectivity index (χ1n) is 14.4. The van der Waals surface area contributed by atoms with Gasteiger partial charge in [0, 0.05) is 71.5 Å². The molecule has 4 aromatic rings. The van der Waals surface area contributed by atoms with Crippen molar-refractivity contribution in [2.24, 2.45) is 17.6 Å². The van der Waals surface area contributed by atoms with Crippen LogP contribution in [0.15, 0.2) is 30.3 Å². The number of methoxy groups -OCH3 is 2. The van der Waals surface area contributed by atoms with E-state index in [9.17, 15) is 9.00 Å². The number of benzene rings is 1. The van der Waals surface area contributed by atoms with Crippen LogP contribution in [0.4, 0.5) is 0 Å². The number of aromatic nitrogens is 4. The number of hydrogen-bond acceptors (Lipinski definition) is 7. The standard InChI is InChI=1S/C30H36N6O4S/c1-39-24-14-20(30(37)36-16-19-6-8-22(36)26(19)31)12-21-27(24)34(10-11-41(3)38)29(32-21)23-13-18-7-9-25(40-2)33-28(18)35(23)15-17-4-5-17/h7,9,12-14,17,19,22,26H,4-6,8,10-11,15-16,31H2,1-3H3/t19-,22-,26-,41?/m1/s1. The summed E-state index contributed by atoms with van der Waals surface area (Å²) >= 11 is 0. The van der Waals surface area contributed by atoms with Crippen LogP contribution in [0, 0.1) is 11.8 Å². The van der Waals surface area contributed by atoms with Crippen LogP contribution in [0.1, 0.15) is 36.0 Å². The van der Waals surface area contributed by atoms with E-state index in [0.29, 0.717) is 53.4 Å². The van der Waals surface area contributed by atoms with Gasteiger partial charge in [-0.25, -0.2) is 4.98 Å². The molecule has 0 spiro atoms. The zero-order valence-corrected chi connectivity index (χ0v) is 24.5. The summed E-state index contributed by atoms with van der Waals surface area (Å²) < 4.78 is 27.9. The maximum atomic E-state index is 13.7. The molecule has 1 saturated heterocycles. The van der Waals surface area contributed by atoms with E-state index in [2.05, 4.69) is 15.2 Å². The molecule has 1 aromatic carbocycles. The molecule has 2 saturated carbocycles. The summed E-state index contributed by atoms with van der Waals surface area (Å²) in [5, 5.41) is 1.00. The number of likely N-dealkylation sites (tertiary alicyclic amines) is 1. The van der Waals surface area contributed by atoms with Crippen molar-refractivity contribution < 1.29 is 18.5 Å². The van der Waals surface area contributed by atoms with E-state index in [1.165, 1.54) is 12.8 Å². The Hall–Kier alpha value is -3.44. The molecule has 3 aromatic heterocycles. The Morgan fingerprint density at radius 3 is 2.56 bits per heavy atom. The second-order valence-electron chi connectivity index (χ2n) is 11.7. The van der Waals surface area contributed by atoms with Gasteiger partial charge < -0.3 is 29.2 Å². The molecule has 1 unspecified atom stereocenters. The highest BCUT2D eigenvalue weighted by atomic mass is 32.2. The molecule has 1 aliphatic heterocycles. The van der Waals surface area contributed by atoms with E-state index in [-0.39, 0.29) is 18.0 Å². The fraction of sp³-hybridized carbons (Fsp3) is 0.500. The summed E-state index contributed by atoms with van der Waals surface area (Å²) in [5.74, 6) is 3.28. The Balaban J connectivity index is 1.39. The number of carbonyl (C=O) groups excluding carboxylic acids is 1. The Bertz CT molecular complexity index is 1690. The van der Waals surface area contributed by atoms with Gasteiger partial charge in [0.1, 0.15) is 16.9 Å². The number of fused-ring (bicyclic) bond motifs is 4. The minimum atomic E-state index is -1.01. The predicted octanol–water partition coefficient (Wildman–Crippen LogP) is 3.42. The van der Waals surface area contributed by atoms with Gasteiger partial charge in [-0.05, 0) is 61.8 Å². The van der Waals surface area contributed by atoms with Crippen molar-refractivity contribution in [3.8, 4) is 23.1 Å². The number of nitrogens with two attached hydrogens (primary N) is 1. The van der Waals surface area contributed by atoms with Gasteiger partial charge in [-0.2, -0.15) is 4.98 Å². The van der Waals surface area contributed by atoms with Crippen molar-refractivity contribution in [1.29, 1.82) is 0 Å². The van der Waals surface area contributed by atoms with E-state index < -0.39 is 10.8 Å². The first kappa shape index (κ1) is 26.5. The zero-order chi connectivity index (χ0) is 28.4. The summed E-state index contributed by atoms with van der Waals surface area (Å²) in [4.78, 5) is 25.6. The van der Waals surface area contributed by atoms with Gasteiger partial charge in [0.05, 0.1) is 25.4 Å². The van der Waals surface area contributed by atoms with Gasteiger partial charge in [0.15, 0.2) is 5.82 Å². The molecule has 10 nitrogen and oxygen atoms in total. The van der Waals surface area contributed by atoms with E-state index in [1.54, 1.807) is 20.5 Å². The molecular weight excluding hydrogens is 540 g/mol. The number of pyridine rings is 1. The Kier molecular flexibility index (Phi) is 6.54. The highest BCUT2D eigenvalue weighted by molar-refractivity contribution is 7.84. The van der Waals surface area contributed by atoms with Gasteiger partial charge in [-0.15, -0.1) is 0 Å². The van der Waals surface area contributed by atoms with Crippen molar-refractivity contribution in [2.45, 2.75) is 50.9 Å². The van der Waals surface area contributed by atoms with Crippen molar-refractivity contribution in [3.05, 3.63) is 35.9 Å². The first-order valence-corrected chi connectivity index (χ1v) is 16.1. The average molecular weight is 577 g/mol. The summed E-state index contributed by atoms with van der Waals surface area (Å²) in [6.07, 6.45) is 6.13. The molecule has 3 aliphatic rings. The van der Waals surface area contributed by atoms with Gasteiger partial charge in [0.25, 0.3) is 5.91 Å². The van der Waals surface area contributed by atoms with E-state index >= 15 is 0 Å². The Labute approximate surface area is 241 Å². The van der Waals surface area contributed by atoms with Crippen LogP contribution >= 0.6 is 0 Å². The summed E-state index contributed by atoms with van der Waals surface area (Å²) in [7, 11) is 2.24. The molecule has 0 radical (unpaired) electrons. The first-order chi connectivity index (χ1) is 19.9. The lowest BCUT2D eigenvalue weighted by Crippen LogP contribution is -2.41.